The molecule has 0 aliphatic carbocycles. The van der Waals surface area contributed by atoms with Gasteiger partial charge in [-0.2, -0.15) is 0 Å². The van der Waals surface area contributed by atoms with Crippen molar-refractivity contribution in [1.82, 2.24) is 5.32 Å². The Balaban J connectivity index is 1.89. The molecular formula is C15H15ClN2O3S. The van der Waals surface area contributed by atoms with Gasteiger partial charge in [0.25, 0.3) is 0 Å². The van der Waals surface area contributed by atoms with E-state index in [1.165, 1.54) is 11.3 Å². The van der Waals surface area contributed by atoms with E-state index in [-0.39, 0.29) is 6.54 Å². The van der Waals surface area contributed by atoms with Crippen LogP contribution < -0.4 is 10.6 Å². The van der Waals surface area contributed by atoms with E-state index in [0.717, 1.165) is 0 Å². The van der Waals surface area contributed by atoms with Gasteiger partial charge in [0.05, 0.1) is 6.54 Å². The van der Waals surface area contributed by atoms with Gasteiger partial charge >= 0.3 is 11.8 Å². The summed E-state index contributed by atoms with van der Waals surface area (Å²) in [5.41, 5.74) is -0.751. The number of rotatable bonds is 4. The fraction of sp³-hybridized carbons (Fsp3) is 0.200. The Hall–Kier alpha value is -1.89. The number of thiophene rings is 1. The van der Waals surface area contributed by atoms with Crippen molar-refractivity contribution >= 4 is 40.4 Å². The van der Waals surface area contributed by atoms with Crippen molar-refractivity contribution in [1.29, 1.82) is 0 Å². The lowest BCUT2D eigenvalue weighted by molar-refractivity contribution is -0.136. The predicted molar refractivity (Wildman–Crippen MR) is 87.0 cm³/mol. The molecule has 0 bridgehead atoms. The number of anilines is 1. The first-order chi connectivity index (χ1) is 10.4. The highest BCUT2D eigenvalue weighted by Gasteiger charge is 2.26. The lowest BCUT2D eigenvalue weighted by Gasteiger charge is -2.22. The summed E-state index contributed by atoms with van der Waals surface area (Å²) < 4.78 is 0. The van der Waals surface area contributed by atoms with Crippen molar-refractivity contribution in [3.8, 4) is 0 Å². The van der Waals surface area contributed by atoms with Crippen LogP contribution in [0, 0.1) is 0 Å². The van der Waals surface area contributed by atoms with Crippen LogP contribution in [0.25, 0.3) is 0 Å². The van der Waals surface area contributed by atoms with E-state index in [1.807, 2.05) is 11.4 Å². The molecule has 116 valence electrons. The van der Waals surface area contributed by atoms with Crippen LogP contribution in [0.3, 0.4) is 0 Å². The molecule has 22 heavy (non-hydrogen) atoms. The third-order valence-electron chi connectivity index (χ3n) is 2.95. The van der Waals surface area contributed by atoms with Gasteiger partial charge < -0.3 is 15.7 Å². The molecule has 2 aromatic rings. The minimum Gasteiger partial charge on any atom is -0.383 e. The monoisotopic (exact) mass is 338 g/mol. The zero-order valence-corrected chi connectivity index (χ0v) is 13.4. The largest absolute Gasteiger partial charge is 0.383 e. The van der Waals surface area contributed by atoms with Crippen molar-refractivity contribution in [2.75, 3.05) is 11.9 Å². The molecule has 0 saturated heterocycles. The molecule has 0 aliphatic heterocycles. The maximum atomic E-state index is 11.8. The van der Waals surface area contributed by atoms with Gasteiger partial charge in [-0.25, -0.2) is 0 Å². The van der Waals surface area contributed by atoms with E-state index in [4.69, 9.17) is 11.6 Å². The summed E-state index contributed by atoms with van der Waals surface area (Å²) in [6.07, 6.45) is 0. The molecule has 0 radical (unpaired) electrons. The molecule has 3 N–H and O–H groups in total. The zero-order chi connectivity index (χ0) is 16.2. The summed E-state index contributed by atoms with van der Waals surface area (Å²) in [5.74, 6) is -1.61. The highest BCUT2D eigenvalue weighted by molar-refractivity contribution is 7.10. The Morgan fingerprint density at radius 1 is 1.23 bits per heavy atom. The van der Waals surface area contributed by atoms with E-state index >= 15 is 0 Å². The lowest BCUT2D eigenvalue weighted by Crippen LogP contribution is -2.42. The number of hydrogen-bond acceptors (Lipinski definition) is 4. The first kappa shape index (κ1) is 16.5. The molecule has 0 spiro atoms. The Morgan fingerprint density at radius 3 is 2.50 bits per heavy atom. The summed E-state index contributed by atoms with van der Waals surface area (Å²) in [5, 5.41) is 17.5. The number of benzene rings is 1. The molecule has 7 heteroatoms. The van der Waals surface area contributed by atoms with Crippen molar-refractivity contribution in [2.24, 2.45) is 0 Å². The number of hydrogen-bond donors (Lipinski definition) is 3. The fourth-order valence-corrected chi connectivity index (χ4v) is 2.64. The third-order valence-corrected chi connectivity index (χ3v) is 4.33. The predicted octanol–water partition coefficient (Wildman–Crippen LogP) is 2.36. The van der Waals surface area contributed by atoms with Crippen LogP contribution in [0.4, 0.5) is 5.69 Å². The molecule has 2 amide bonds. The minimum atomic E-state index is -1.22. The van der Waals surface area contributed by atoms with Crippen LogP contribution in [0.2, 0.25) is 5.02 Å². The van der Waals surface area contributed by atoms with Crippen LogP contribution in [-0.2, 0) is 15.2 Å². The van der Waals surface area contributed by atoms with Gasteiger partial charge in [0, 0.05) is 15.6 Å². The topological polar surface area (TPSA) is 78.4 Å². The minimum absolute atomic E-state index is 0.0552. The summed E-state index contributed by atoms with van der Waals surface area (Å²) in [6, 6.07) is 9.98. The molecule has 0 saturated carbocycles. The molecule has 0 aliphatic rings. The number of carbonyl (C=O) groups is 2. The van der Waals surface area contributed by atoms with Crippen LogP contribution in [0.1, 0.15) is 11.8 Å². The van der Waals surface area contributed by atoms with Gasteiger partial charge in [0.15, 0.2) is 0 Å². The molecule has 1 heterocycles. The highest BCUT2D eigenvalue weighted by atomic mass is 35.5. The average molecular weight is 339 g/mol. The first-order valence-electron chi connectivity index (χ1n) is 6.49. The molecule has 1 unspecified atom stereocenters. The normalized spacial score (nSPS) is 13.2. The maximum absolute atomic E-state index is 11.8. The number of amides is 2. The number of halogens is 1. The van der Waals surface area contributed by atoms with E-state index in [9.17, 15) is 14.7 Å². The van der Waals surface area contributed by atoms with E-state index in [0.29, 0.717) is 15.6 Å². The van der Waals surface area contributed by atoms with E-state index in [2.05, 4.69) is 10.6 Å². The maximum Gasteiger partial charge on any atom is 0.313 e. The zero-order valence-electron chi connectivity index (χ0n) is 11.8. The summed E-state index contributed by atoms with van der Waals surface area (Å²) in [7, 11) is 0. The molecule has 1 aromatic heterocycles. The van der Waals surface area contributed by atoms with Gasteiger partial charge in [-0.1, -0.05) is 17.7 Å². The molecule has 2 rings (SSSR count). The molecule has 1 aromatic carbocycles. The third kappa shape index (κ3) is 4.30. The second kappa shape index (κ2) is 6.91. The Morgan fingerprint density at radius 2 is 1.91 bits per heavy atom. The molecular weight excluding hydrogens is 324 g/mol. The van der Waals surface area contributed by atoms with Crippen molar-refractivity contribution in [3.05, 3.63) is 51.7 Å². The summed E-state index contributed by atoms with van der Waals surface area (Å²) in [4.78, 5) is 24.3. The van der Waals surface area contributed by atoms with Crippen molar-refractivity contribution in [2.45, 2.75) is 12.5 Å². The van der Waals surface area contributed by atoms with Crippen molar-refractivity contribution < 1.29 is 14.7 Å². The van der Waals surface area contributed by atoms with Crippen LogP contribution in [0.15, 0.2) is 41.8 Å². The van der Waals surface area contributed by atoms with Gasteiger partial charge in [-0.05, 0) is 42.6 Å². The molecule has 1 atom stereocenters. The second-order valence-electron chi connectivity index (χ2n) is 4.89. The van der Waals surface area contributed by atoms with Crippen LogP contribution in [-0.4, -0.2) is 23.5 Å². The van der Waals surface area contributed by atoms with Crippen molar-refractivity contribution in [3.63, 3.8) is 0 Å². The standard InChI is InChI=1S/C15H15ClN2O3S/c1-15(21,12-3-2-8-22-12)9-17-13(19)14(20)18-11-6-4-10(16)5-7-11/h2-8,21H,9H2,1H3,(H,17,19)(H,18,20). The van der Waals surface area contributed by atoms with Crippen LogP contribution in [0.5, 0.6) is 0 Å². The number of nitrogens with one attached hydrogen (secondary N) is 2. The van der Waals surface area contributed by atoms with Gasteiger partial charge in [-0.15, -0.1) is 11.3 Å². The van der Waals surface area contributed by atoms with Gasteiger partial charge in [0.2, 0.25) is 0 Å². The van der Waals surface area contributed by atoms with E-state index in [1.54, 1.807) is 37.3 Å². The summed E-state index contributed by atoms with van der Waals surface area (Å²) >= 11 is 7.12. The molecule has 5 nitrogen and oxygen atoms in total. The quantitative estimate of drug-likeness (QED) is 0.749. The lowest BCUT2D eigenvalue weighted by atomic mass is 10.1. The van der Waals surface area contributed by atoms with Gasteiger partial charge in [0.1, 0.15) is 5.60 Å². The van der Waals surface area contributed by atoms with E-state index < -0.39 is 17.4 Å². The van der Waals surface area contributed by atoms with Gasteiger partial charge in [-0.3, -0.25) is 9.59 Å². The number of aliphatic hydroxyl groups is 1. The number of carbonyl (C=O) groups excluding carboxylic acids is 2. The Labute approximate surface area is 136 Å². The Bertz CT molecular complexity index is 654. The SMILES string of the molecule is CC(O)(CNC(=O)C(=O)Nc1ccc(Cl)cc1)c1cccs1. The Kier molecular flexibility index (Phi) is 5.18. The smallest absolute Gasteiger partial charge is 0.313 e. The van der Waals surface area contributed by atoms with Crippen LogP contribution >= 0.6 is 22.9 Å². The first-order valence-corrected chi connectivity index (χ1v) is 7.75. The second-order valence-corrected chi connectivity index (χ2v) is 6.28. The molecule has 0 fully saturated rings. The summed E-state index contributed by atoms with van der Waals surface area (Å²) in [6.45, 7) is 1.52. The average Bonchev–Trinajstić information content (AvgIpc) is 3.02. The highest BCUT2D eigenvalue weighted by Crippen LogP contribution is 2.24. The fourth-order valence-electron chi connectivity index (χ4n) is 1.73.